The minimum absolute atomic E-state index is 0.0593. The first-order chi connectivity index (χ1) is 12.7. The molecule has 1 atom stereocenters. The zero-order valence-corrected chi connectivity index (χ0v) is 18.0. The Hall–Kier alpha value is -1.40. The lowest BCUT2D eigenvalue weighted by Gasteiger charge is -2.34. The lowest BCUT2D eigenvalue weighted by Crippen LogP contribution is -2.49. The maximum absolute atomic E-state index is 12.6. The summed E-state index contributed by atoms with van der Waals surface area (Å²) in [6.07, 6.45) is 3.43. The van der Waals surface area contributed by atoms with Gasteiger partial charge in [0.25, 0.3) is 5.91 Å². The predicted molar refractivity (Wildman–Crippen MR) is 110 cm³/mol. The van der Waals surface area contributed by atoms with E-state index in [9.17, 15) is 9.59 Å². The molecule has 0 saturated carbocycles. The minimum atomic E-state index is 0.0593. The molecule has 1 N–H and O–H groups in total. The molecule has 0 bridgehead atoms. The summed E-state index contributed by atoms with van der Waals surface area (Å²) in [5, 5.41) is 3.08. The van der Waals surface area contributed by atoms with E-state index in [-0.39, 0.29) is 11.8 Å². The Balaban J connectivity index is 1.46. The van der Waals surface area contributed by atoms with Gasteiger partial charge in [-0.3, -0.25) is 14.5 Å². The van der Waals surface area contributed by atoms with Gasteiger partial charge in [-0.15, -0.1) is 11.3 Å². The first kappa shape index (κ1) is 20.3. The van der Waals surface area contributed by atoms with E-state index in [0.29, 0.717) is 17.9 Å². The van der Waals surface area contributed by atoms with Gasteiger partial charge >= 0.3 is 0 Å². The van der Waals surface area contributed by atoms with Crippen molar-refractivity contribution in [2.75, 3.05) is 39.3 Å². The van der Waals surface area contributed by atoms with E-state index in [4.69, 9.17) is 0 Å². The van der Waals surface area contributed by atoms with Gasteiger partial charge in [0.15, 0.2) is 0 Å². The van der Waals surface area contributed by atoms with Crippen molar-refractivity contribution in [1.82, 2.24) is 15.1 Å². The SMILES string of the molecule is CC(=O)N1CCN(CCNC(=O)c2cc3c(s2)CCC(C(C)(C)C)C3)CC1. The van der Waals surface area contributed by atoms with Crippen LogP contribution in [0, 0.1) is 11.3 Å². The molecule has 1 aliphatic carbocycles. The molecule has 5 nitrogen and oxygen atoms in total. The molecule has 3 rings (SSSR count). The first-order valence-corrected chi connectivity index (χ1v) is 10.9. The molecule has 1 aliphatic heterocycles. The number of thiophene rings is 1. The van der Waals surface area contributed by atoms with E-state index in [0.717, 1.165) is 50.4 Å². The number of aryl methyl sites for hydroxylation is 1. The molecule has 0 radical (unpaired) electrons. The van der Waals surface area contributed by atoms with Gasteiger partial charge in [-0.1, -0.05) is 20.8 Å². The topological polar surface area (TPSA) is 52.7 Å². The van der Waals surface area contributed by atoms with Gasteiger partial charge in [0.2, 0.25) is 5.91 Å². The lowest BCUT2D eigenvalue weighted by molar-refractivity contribution is -0.130. The number of nitrogens with zero attached hydrogens (tertiary/aromatic N) is 2. The maximum Gasteiger partial charge on any atom is 0.261 e. The van der Waals surface area contributed by atoms with E-state index >= 15 is 0 Å². The molecule has 150 valence electrons. The van der Waals surface area contributed by atoms with Crippen molar-refractivity contribution in [2.45, 2.75) is 47.0 Å². The highest BCUT2D eigenvalue weighted by Crippen LogP contribution is 2.40. The van der Waals surface area contributed by atoms with Gasteiger partial charge in [-0.2, -0.15) is 0 Å². The molecule has 1 aromatic rings. The van der Waals surface area contributed by atoms with Crippen LogP contribution in [0.25, 0.3) is 0 Å². The van der Waals surface area contributed by atoms with Crippen molar-refractivity contribution in [2.24, 2.45) is 11.3 Å². The number of piperazine rings is 1. The summed E-state index contributed by atoms with van der Waals surface area (Å²) in [6.45, 7) is 13.4. The van der Waals surface area contributed by atoms with Gasteiger partial charge in [0.05, 0.1) is 4.88 Å². The second-order valence-corrected chi connectivity index (χ2v) is 10.1. The predicted octanol–water partition coefficient (Wildman–Crippen LogP) is 2.79. The van der Waals surface area contributed by atoms with E-state index in [2.05, 4.69) is 37.1 Å². The molecule has 1 fully saturated rings. The van der Waals surface area contributed by atoms with E-state index in [1.54, 1.807) is 18.3 Å². The number of carbonyl (C=O) groups is 2. The molecule has 0 spiro atoms. The van der Waals surface area contributed by atoms with Crippen molar-refractivity contribution in [1.29, 1.82) is 0 Å². The maximum atomic E-state index is 12.6. The Morgan fingerprint density at radius 1 is 1.22 bits per heavy atom. The number of carbonyl (C=O) groups excluding carboxylic acids is 2. The number of fused-ring (bicyclic) bond motifs is 1. The van der Waals surface area contributed by atoms with Crippen LogP contribution in [0.1, 0.15) is 54.2 Å². The third kappa shape index (κ3) is 5.11. The largest absolute Gasteiger partial charge is 0.350 e. The van der Waals surface area contributed by atoms with Crippen molar-refractivity contribution in [3.8, 4) is 0 Å². The fraction of sp³-hybridized carbons (Fsp3) is 0.714. The Labute approximate surface area is 167 Å². The molecular weight excluding hydrogens is 358 g/mol. The van der Waals surface area contributed by atoms with Crippen LogP contribution in [0.5, 0.6) is 0 Å². The van der Waals surface area contributed by atoms with Crippen LogP contribution >= 0.6 is 11.3 Å². The quantitative estimate of drug-likeness (QED) is 0.859. The molecule has 1 aromatic heterocycles. The van der Waals surface area contributed by atoms with Gasteiger partial charge < -0.3 is 10.2 Å². The third-order valence-corrected chi connectivity index (χ3v) is 7.30. The summed E-state index contributed by atoms with van der Waals surface area (Å²) in [4.78, 5) is 30.4. The number of rotatable bonds is 4. The summed E-state index contributed by atoms with van der Waals surface area (Å²) in [7, 11) is 0. The fourth-order valence-electron chi connectivity index (χ4n) is 4.08. The van der Waals surface area contributed by atoms with E-state index < -0.39 is 0 Å². The monoisotopic (exact) mass is 391 g/mol. The Bertz CT molecular complexity index is 684. The zero-order chi connectivity index (χ0) is 19.6. The second kappa shape index (κ2) is 8.31. The molecule has 6 heteroatoms. The van der Waals surface area contributed by atoms with Crippen LogP contribution in [0.2, 0.25) is 0 Å². The average molecular weight is 392 g/mol. The average Bonchev–Trinajstić information content (AvgIpc) is 3.04. The summed E-state index contributed by atoms with van der Waals surface area (Å²) in [6, 6.07) is 2.12. The molecule has 1 unspecified atom stereocenters. The Morgan fingerprint density at radius 3 is 2.56 bits per heavy atom. The van der Waals surface area contributed by atoms with Gasteiger partial charge in [0.1, 0.15) is 0 Å². The Kier molecular flexibility index (Phi) is 6.26. The van der Waals surface area contributed by atoms with Gasteiger partial charge in [-0.25, -0.2) is 0 Å². The smallest absolute Gasteiger partial charge is 0.261 e. The molecule has 2 heterocycles. The number of hydrogen-bond acceptors (Lipinski definition) is 4. The van der Waals surface area contributed by atoms with Crippen molar-refractivity contribution in [3.05, 3.63) is 21.4 Å². The van der Waals surface area contributed by atoms with Crippen LogP contribution in [0.15, 0.2) is 6.07 Å². The molecule has 2 aliphatic rings. The van der Waals surface area contributed by atoms with Crippen molar-refractivity contribution in [3.63, 3.8) is 0 Å². The molecule has 1 saturated heterocycles. The molecular formula is C21H33N3O2S. The molecule has 0 aromatic carbocycles. The van der Waals surface area contributed by atoms with Gasteiger partial charge in [-0.05, 0) is 42.2 Å². The second-order valence-electron chi connectivity index (χ2n) is 8.97. The van der Waals surface area contributed by atoms with Crippen LogP contribution in [-0.2, 0) is 17.6 Å². The molecule has 2 amide bonds. The normalized spacial score (nSPS) is 21.0. The van der Waals surface area contributed by atoms with E-state index in [1.165, 1.54) is 16.9 Å². The number of nitrogens with one attached hydrogen (secondary N) is 1. The van der Waals surface area contributed by atoms with Crippen LogP contribution in [0.4, 0.5) is 0 Å². The lowest BCUT2D eigenvalue weighted by atomic mass is 9.72. The van der Waals surface area contributed by atoms with Crippen molar-refractivity contribution < 1.29 is 9.59 Å². The third-order valence-electron chi connectivity index (χ3n) is 6.06. The van der Waals surface area contributed by atoms with Crippen molar-refractivity contribution >= 4 is 23.2 Å². The van der Waals surface area contributed by atoms with Crippen LogP contribution < -0.4 is 5.32 Å². The van der Waals surface area contributed by atoms with Crippen LogP contribution in [-0.4, -0.2) is 60.9 Å². The summed E-state index contributed by atoms with van der Waals surface area (Å²) < 4.78 is 0. The number of amides is 2. The van der Waals surface area contributed by atoms with Gasteiger partial charge in [0, 0.05) is 51.1 Å². The number of hydrogen-bond donors (Lipinski definition) is 1. The zero-order valence-electron chi connectivity index (χ0n) is 17.1. The Morgan fingerprint density at radius 2 is 1.93 bits per heavy atom. The fourth-order valence-corrected chi connectivity index (χ4v) is 5.20. The summed E-state index contributed by atoms with van der Waals surface area (Å²) >= 11 is 1.68. The first-order valence-electron chi connectivity index (χ1n) is 10.1. The van der Waals surface area contributed by atoms with Crippen LogP contribution in [0.3, 0.4) is 0 Å². The summed E-state index contributed by atoms with van der Waals surface area (Å²) in [5.41, 5.74) is 1.71. The highest BCUT2D eigenvalue weighted by molar-refractivity contribution is 7.14. The standard InChI is InChI=1S/C21H33N3O2S/c1-15(25)24-11-9-23(10-12-24)8-7-22-20(26)19-14-16-13-17(21(2,3)4)5-6-18(16)27-19/h14,17H,5-13H2,1-4H3,(H,22,26). The molecule has 27 heavy (non-hydrogen) atoms. The summed E-state index contributed by atoms with van der Waals surface area (Å²) in [5.74, 6) is 0.909. The van der Waals surface area contributed by atoms with E-state index in [1.807, 2.05) is 4.90 Å². The minimum Gasteiger partial charge on any atom is -0.350 e. The highest BCUT2D eigenvalue weighted by atomic mass is 32.1. The highest BCUT2D eigenvalue weighted by Gasteiger charge is 2.30.